The van der Waals surface area contributed by atoms with Crippen LogP contribution in [0.2, 0.25) is 0 Å². The molecule has 0 amide bonds. The second-order valence-corrected chi connectivity index (χ2v) is 6.31. The molecular formula is C19H17F2N3O. The number of hydrogen-bond donors (Lipinski definition) is 1. The summed E-state index contributed by atoms with van der Waals surface area (Å²) in [5, 5.41) is 0. The number of aryl methyl sites for hydroxylation is 1. The van der Waals surface area contributed by atoms with Crippen molar-refractivity contribution >= 4 is 17.2 Å². The van der Waals surface area contributed by atoms with Gasteiger partial charge in [0.2, 0.25) is 0 Å². The van der Waals surface area contributed by atoms with Crippen molar-refractivity contribution in [2.45, 2.75) is 19.0 Å². The maximum absolute atomic E-state index is 13.3. The number of fused-ring (bicyclic) bond motifs is 1. The smallest absolute Gasteiger partial charge is 0.189 e. The van der Waals surface area contributed by atoms with E-state index in [2.05, 4.69) is 4.98 Å². The summed E-state index contributed by atoms with van der Waals surface area (Å²) in [6, 6.07) is 11.2. The topological polar surface area (TPSA) is 60.4 Å². The SMILES string of the molecule is Nc1nc2ccc(-c3ccccc3CCF)cn2c1C(=O)[C@@H]1C[C@H]1F. The van der Waals surface area contributed by atoms with Gasteiger partial charge in [0.05, 0.1) is 12.6 Å². The summed E-state index contributed by atoms with van der Waals surface area (Å²) in [4.78, 5) is 16.7. The van der Waals surface area contributed by atoms with Gasteiger partial charge in [-0.25, -0.2) is 9.37 Å². The Morgan fingerprint density at radius 2 is 2.04 bits per heavy atom. The number of pyridine rings is 1. The minimum atomic E-state index is -1.09. The molecule has 0 aliphatic heterocycles. The molecule has 2 atom stereocenters. The Morgan fingerprint density at radius 3 is 2.76 bits per heavy atom. The molecule has 1 aliphatic rings. The third kappa shape index (κ3) is 2.67. The Labute approximate surface area is 143 Å². The van der Waals surface area contributed by atoms with Crippen LogP contribution >= 0.6 is 0 Å². The van der Waals surface area contributed by atoms with E-state index in [4.69, 9.17) is 5.73 Å². The van der Waals surface area contributed by atoms with E-state index in [9.17, 15) is 13.6 Å². The number of carbonyl (C=O) groups excluding carboxylic acids is 1. The first-order chi connectivity index (χ1) is 12.1. The van der Waals surface area contributed by atoms with Crippen LogP contribution in [-0.2, 0) is 6.42 Å². The maximum atomic E-state index is 13.3. The molecule has 0 spiro atoms. The van der Waals surface area contributed by atoms with E-state index in [1.165, 1.54) is 0 Å². The molecule has 4 rings (SSSR count). The average Bonchev–Trinajstić information content (AvgIpc) is 3.24. The van der Waals surface area contributed by atoms with Crippen molar-refractivity contribution in [2.75, 3.05) is 12.4 Å². The summed E-state index contributed by atoms with van der Waals surface area (Å²) in [7, 11) is 0. The standard InChI is InChI=1S/C19H17F2N3O/c20-8-7-11-3-1-2-4-13(11)12-5-6-16-23-19(22)17(24(16)10-12)18(25)14-9-15(14)21/h1-6,10,14-15H,7-9,22H2/t14-,15-/m1/s1. The monoisotopic (exact) mass is 341 g/mol. The third-order valence-corrected chi connectivity index (χ3v) is 4.62. The lowest BCUT2D eigenvalue weighted by Gasteiger charge is -2.09. The van der Waals surface area contributed by atoms with Gasteiger partial charge < -0.3 is 5.73 Å². The van der Waals surface area contributed by atoms with Crippen LogP contribution < -0.4 is 5.73 Å². The molecule has 128 valence electrons. The Morgan fingerprint density at radius 1 is 1.28 bits per heavy atom. The molecule has 0 saturated heterocycles. The highest BCUT2D eigenvalue weighted by atomic mass is 19.1. The van der Waals surface area contributed by atoms with Crippen molar-refractivity contribution in [3.05, 3.63) is 53.9 Å². The lowest BCUT2D eigenvalue weighted by molar-refractivity contribution is 0.0952. The molecule has 2 heterocycles. The Bertz CT molecular complexity index is 966. The third-order valence-electron chi connectivity index (χ3n) is 4.62. The minimum Gasteiger partial charge on any atom is -0.382 e. The van der Waals surface area contributed by atoms with E-state index < -0.39 is 18.8 Å². The Kier molecular flexibility index (Phi) is 3.75. The van der Waals surface area contributed by atoms with Gasteiger partial charge in [-0.05, 0) is 35.2 Å². The van der Waals surface area contributed by atoms with Gasteiger partial charge in [-0.1, -0.05) is 24.3 Å². The molecule has 25 heavy (non-hydrogen) atoms. The first kappa shape index (κ1) is 15.7. The predicted octanol–water partition coefficient (Wildman–Crippen LogP) is 3.64. The number of Topliss-reactive ketones (excluding diaryl/α,β-unsaturated/α-hetero) is 1. The number of benzene rings is 1. The van der Waals surface area contributed by atoms with Crippen molar-refractivity contribution in [3.8, 4) is 11.1 Å². The molecule has 2 aromatic heterocycles. The molecule has 1 fully saturated rings. The van der Waals surface area contributed by atoms with E-state index in [0.29, 0.717) is 12.1 Å². The number of halogens is 2. The quantitative estimate of drug-likeness (QED) is 0.721. The van der Waals surface area contributed by atoms with Crippen molar-refractivity contribution < 1.29 is 13.6 Å². The molecule has 0 radical (unpaired) electrons. The van der Waals surface area contributed by atoms with Crippen LogP contribution in [0.5, 0.6) is 0 Å². The highest BCUT2D eigenvalue weighted by molar-refractivity contribution is 6.03. The van der Waals surface area contributed by atoms with Crippen molar-refractivity contribution in [3.63, 3.8) is 0 Å². The van der Waals surface area contributed by atoms with Gasteiger partial charge in [0.1, 0.15) is 17.5 Å². The summed E-state index contributed by atoms with van der Waals surface area (Å²) >= 11 is 0. The lowest BCUT2D eigenvalue weighted by atomic mass is 9.99. The lowest BCUT2D eigenvalue weighted by Crippen LogP contribution is -2.10. The Hall–Kier alpha value is -2.76. The second kappa shape index (κ2) is 5.95. The number of hydrogen-bond acceptors (Lipinski definition) is 3. The van der Waals surface area contributed by atoms with Crippen LogP contribution in [0, 0.1) is 5.92 Å². The predicted molar refractivity (Wildman–Crippen MR) is 92.1 cm³/mol. The first-order valence-corrected chi connectivity index (χ1v) is 8.20. The fraction of sp³-hybridized carbons (Fsp3) is 0.263. The van der Waals surface area contributed by atoms with Gasteiger partial charge in [-0.15, -0.1) is 0 Å². The first-order valence-electron chi connectivity index (χ1n) is 8.20. The number of aromatic nitrogens is 2. The van der Waals surface area contributed by atoms with Gasteiger partial charge in [0.25, 0.3) is 0 Å². The van der Waals surface area contributed by atoms with Gasteiger partial charge in [-0.3, -0.25) is 13.6 Å². The molecule has 1 saturated carbocycles. The largest absolute Gasteiger partial charge is 0.382 e. The zero-order valence-electron chi connectivity index (χ0n) is 13.5. The van der Waals surface area contributed by atoms with Crippen LogP contribution in [0.1, 0.15) is 22.5 Å². The molecule has 0 unspecified atom stereocenters. The van der Waals surface area contributed by atoms with Crippen molar-refractivity contribution in [1.82, 2.24) is 9.38 Å². The maximum Gasteiger partial charge on any atom is 0.189 e. The van der Waals surface area contributed by atoms with Gasteiger partial charge in [0.15, 0.2) is 11.6 Å². The second-order valence-electron chi connectivity index (χ2n) is 6.31. The number of nitrogens with two attached hydrogens (primary N) is 1. The van der Waals surface area contributed by atoms with Gasteiger partial charge in [-0.2, -0.15) is 0 Å². The van der Waals surface area contributed by atoms with Gasteiger partial charge in [0, 0.05) is 12.6 Å². The number of nitrogens with zero attached hydrogens (tertiary/aromatic N) is 2. The highest BCUT2D eigenvalue weighted by Crippen LogP contribution is 2.38. The summed E-state index contributed by atoms with van der Waals surface area (Å²) < 4.78 is 27.7. The fourth-order valence-electron chi connectivity index (χ4n) is 3.20. The van der Waals surface area contributed by atoms with Crippen molar-refractivity contribution in [1.29, 1.82) is 0 Å². The van der Waals surface area contributed by atoms with Crippen LogP contribution in [0.15, 0.2) is 42.6 Å². The minimum absolute atomic E-state index is 0.110. The molecule has 1 aliphatic carbocycles. The number of imidazole rings is 1. The van der Waals surface area contributed by atoms with Crippen LogP contribution in [-0.4, -0.2) is 28.0 Å². The van der Waals surface area contributed by atoms with E-state index in [0.717, 1.165) is 16.7 Å². The van der Waals surface area contributed by atoms with Crippen LogP contribution in [0.3, 0.4) is 0 Å². The van der Waals surface area contributed by atoms with Crippen molar-refractivity contribution in [2.24, 2.45) is 5.92 Å². The molecule has 6 heteroatoms. The number of ketones is 1. The molecule has 4 nitrogen and oxygen atoms in total. The van der Waals surface area contributed by atoms with E-state index in [1.54, 1.807) is 16.7 Å². The zero-order valence-corrected chi connectivity index (χ0v) is 13.5. The molecule has 3 aromatic rings. The Balaban J connectivity index is 1.84. The molecular weight excluding hydrogens is 324 g/mol. The summed E-state index contributed by atoms with van der Waals surface area (Å²) in [5.74, 6) is -0.824. The number of rotatable bonds is 5. The van der Waals surface area contributed by atoms with Gasteiger partial charge >= 0.3 is 0 Å². The van der Waals surface area contributed by atoms with E-state index in [1.807, 2.05) is 30.3 Å². The zero-order chi connectivity index (χ0) is 17.6. The summed E-state index contributed by atoms with van der Waals surface area (Å²) in [6.07, 6.45) is 1.23. The van der Waals surface area contributed by atoms with Crippen LogP contribution in [0.4, 0.5) is 14.6 Å². The van der Waals surface area contributed by atoms with Crippen LogP contribution in [0.25, 0.3) is 16.8 Å². The number of anilines is 1. The fourth-order valence-corrected chi connectivity index (χ4v) is 3.20. The normalized spacial score (nSPS) is 19.3. The summed E-state index contributed by atoms with van der Waals surface area (Å²) in [6.45, 7) is -0.444. The molecule has 0 bridgehead atoms. The number of alkyl halides is 2. The van der Waals surface area contributed by atoms with E-state index in [-0.39, 0.29) is 23.7 Å². The molecule has 2 N–H and O–H groups in total. The van der Waals surface area contributed by atoms with E-state index >= 15 is 0 Å². The number of nitrogen functional groups attached to an aromatic ring is 1. The average molecular weight is 341 g/mol. The number of carbonyl (C=O) groups is 1. The summed E-state index contributed by atoms with van der Waals surface area (Å²) in [5.41, 5.74) is 9.27. The highest BCUT2D eigenvalue weighted by Gasteiger charge is 2.45. The molecule has 1 aromatic carbocycles.